The molecule has 1 unspecified atom stereocenters. The first-order valence-corrected chi connectivity index (χ1v) is 30.5. The largest absolute Gasteiger partial charge is 0.481 e. The lowest BCUT2D eigenvalue weighted by Crippen LogP contribution is -2.43. The number of amides is 1. The van der Waals surface area contributed by atoms with Gasteiger partial charge in [0.05, 0.1) is 101 Å². The maximum absolute atomic E-state index is 13.6. The van der Waals surface area contributed by atoms with Crippen LogP contribution in [-0.2, 0) is 65.5 Å². The number of ketones is 1. The first-order chi connectivity index (χ1) is 39.9. The number of aliphatic hydroxyl groups is 1. The number of primary amides is 1. The molecule has 5 saturated carbocycles. The molecule has 6 aliphatic rings. The average Bonchev–Trinajstić information content (AvgIpc) is 2.24. The summed E-state index contributed by atoms with van der Waals surface area (Å²) >= 11 is 5.90. The summed E-state index contributed by atoms with van der Waals surface area (Å²) in [5, 5.41) is 38.9. The van der Waals surface area contributed by atoms with Gasteiger partial charge >= 0.3 is 23.9 Å². The van der Waals surface area contributed by atoms with Crippen molar-refractivity contribution in [3.8, 4) is 23.4 Å². The molecule has 1 amide bonds. The maximum atomic E-state index is 13.6. The zero-order chi connectivity index (χ0) is 61.9. The van der Waals surface area contributed by atoms with Crippen LogP contribution >= 0.6 is 11.6 Å². The van der Waals surface area contributed by atoms with E-state index < -0.39 is 49.5 Å². The fourth-order valence-electron chi connectivity index (χ4n) is 10.9. The van der Waals surface area contributed by atoms with Gasteiger partial charge in [0.25, 0.3) is 16.0 Å². The third-order valence-corrected chi connectivity index (χ3v) is 18.8. The first-order valence-electron chi connectivity index (χ1n) is 28.7. The van der Waals surface area contributed by atoms with Crippen LogP contribution in [0.3, 0.4) is 0 Å². The Morgan fingerprint density at radius 3 is 1.70 bits per heavy atom. The SMILES string of the molecule is CCOC(=O)C1(CC#N)CCC1.CCOC(=O)C1(CO)CCC1.CCOC(=O)C1(COS(=O)(=O)c2ccc(C)cc2)CCC1.N#CCC1(C(=O)O)CCC1.[C-]#[N+]CC1(CC(=O)C2CCn3nc(-c4ccc(F)c(Cl)c4)c(C(N)=O)c3C2)CCC1. The zero-order valence-electron chi connectivity index (χ0n) is 48.5. The molecule has 0 radical (unpaired) electrons. The molecular weight excluding hydrogens is 1130 g/mol. The number of nitrogens with two attached hydrogens (primary N) is 1. The van der Waals surface area contributed by atoms with Gasteiger partial charge in [0.15, 0.2) is 0 Å². The van der Waals surface area contributed by atoms with E-state index in [1.807, 2.05) is 19.1 Å². The maximum Gasteiger partial charge on any atom is 0.314 e. The average molecular weight is 1210 g/mol. The molecule has 1 aliphatic heterocycles. The van der Waals surface area contributed by atoms with Crippen molar-refractivity contribution in [1.29, 1.82) is 10.5 Å². The van der Waals surface area contributed by atoms with Gasteiger partial charge in [-0.1, -0.05) is 61.4 Å². The molecule has 2 aromatic carbocycles. The molecule has 5 fully saturated rings. The van der Waals surface area contributed by atoms with Crippen LogP contribution in [0.25, 0.3) is 16.1 Å². The van der Waals surface area contributed by atoms with E-state index in [9.17, 15) is 41.6 Å². The minimum Gasteiger partial charge on any atom is -0.481 e. The summed E-state index contributed by atoms with van der Waals surface area (Å²) in [6.07, 6.45) is 14.5. The number of hydrogen-bond acceptors (Lipinski definition) is 16. The van der Waals surface area contributed by atoms with Crippen molar-refractivity contribution in [2.24, 2.45) is 38.7 Å². The predicted octanol–water partition coefficient (Wildman–Crippen LogP) is 9.99. The lowest BCUT2D eigenvalue weighted by Gasteiger charge is -2.38. The number of hydrogen-bond donors (Lipinski definition) is 3. The van der Waals surface area contributed by atoms with Gasteiger partial charge in [-0.3, -0.25) is 37.6 Å². The number of carboxylic acids is 1. The number of carbonyl (C=O) groups is 6. The topological polar surface area (TPSA) is 310 Å². The number of carboxylic acid groups (broad SMARTS) is 1. The Hall–Kier alpha value is -6.77. The van der Waals surface area contributed by atoms with Crippen molar-refractivity contribution in [2.45, 2.75) is 168 Å². The second-order valence-corrected chi connectivity index (χ2v) is 24.8. The van der Waals surface area contributed by atoms with E-state index in [1.54, 1.807) is 37.6 Å². The normalized spacial score (nSPS) is 19.1. The molecular formula is C61H78ClFN6O14S. The van der Waals surface area contributed by atoms with Gasteiger partial charge in [-0.2, -0.15) is 24.0 Å². The number of aromatic nitrogens is 2. The van der Waals surface area contributed by atoms with Crippen molar-refractivity contribution in [3.05, 3.63) is 81.5 Å². The van der Waals surface area contributed by atoms with Crippen molar-refractivity contribution >= 4 is 57.3 Å². The number of nitrogens with zero attached hydrogens (tertiary/aromatic N) is 5. The first kappa shape index (κ1) is 68.0. The van der Waals surface area contributed by atoms with E-state index in [-0.39, 0.29) is 76.7 Å². The van der Waals surface area contributed by atoms with E-state index >= 15 is 0 Å². The van der Waals surface area contributed by atoms with E-state index in [0.29, 0.717) is 94.6 Å². The van der Waals surface area contributed by atoms with E-state index in [0.717, 1.165) is 76.2 Å². The number of benzene rings is 2. The summed E-state index contributed by atoms with van der Waals surface area (Å²) in [6.45, 7) is 16.1. The summed E-state index contributed by atoms with van der Waals surface area (Å²) in [5.74, 6) is -2.85. The number of ether oxygens (including phenoxy) is 3. The number of aliphatic carboxylic acids is 1. The fourth-order valence-corrected chi connectivity index (χ4v) is 12.1. The number of aliphatic hydroxyl groups excluding tert-OH is 1. The number of carbonyl (C=O) groups excluding carboxylic acids is 5. The monoisotopic (exact) mass is 1200 g/mol. The second-order valence-electron chi connectivity index (χ2n) is 22.7. The zero-order valence-corrected chi connectivity index (χ0v) is 50.1. The van der Waals surface area contributed by atoms with Crippen LogP contribution in [0.2, 0.25) is 5.02 Å². The molecule has 1 aromatic heterocycles. The van der Waals surface area contributed by atoms with Crippen molar-refractivity contribution < 1.29 is 70.2 Å². The third kappa shape index (κ3) is 16.3. The molecule has 5 aliphatic carbocycles. The number of aryl methyl sites for hydroxylation is 2. The van der Waals surface area contributed by atoms with Crippen LogP contribution in [0, 0.1) is 75.0 Å². The van der Waals surface area contributed by atoms with Gasteiger partial charge in [0.2, 0.25) is 6.54 Å². The molecule has 0 spiro atoms. The van der Waals surface area contributed by atoms with E-state index in [1.165, 1.54) is 30.3 Å². The molecule has 20 nitrogen and oxygen atoms in total. The van der Waals surface area contributed by atoms with Crippen LogP contribution in [0.4, 0.5) is 4.39 Å². The summed E-state index contributed by atoms with van der Waals surface area (Å²) in [5.41, 5.74) is 5.78. The summed E-state index contributed by atoms with van der Waals surface area (Å²) < 4.78 is 59.4. The molecule has 3 aromatic rings. The molecule has 9 rings (SSSR count). The van der Waals surface area contributed by atoms with Gasteiger partial charge in [-0.15, -0.1) is 0 Å². The lowest BCUT2D eigenvalue weighted by molar-refractivity contribution is -0.165. The Labute approximate surface area is 496 Å². The Kier molecular flexibility index (Phi) is 24.6. The van der Waals surface area contributed by atoms with Gasteiger partial charge < -0.3 is 35.0 Å². The Bertz CT molecular complexity index is 3070. The van der Waals surface area contributed by atoms with E-state index in [2.05, 4.69) is 9.94 Å². The van der Waals surface area contributed by atoms with Gasteiger partial charge in [-0.05, 0) is 135 Å². The quantitative estimate of drug-likeness (QED) is 0.0410. The number of nitriles is 2. The molecule has 0 saturated heterocycles. The molecule has 4 N–H and O–H groups in total. The second kappa shape index (κ2) is 30.3. The van der Waals surface area contributed by atoms with Crippen LogP contribution in [0.5, 0.6) is 0 Å². The number of halogens is 2. The van der Waals surface area contributed by atoms with Crippen LogP contribution in [0.15, 0.2) is 47.4 Å². The van der Waals surface area contributed by atoms with Crippen LogP contribution < -0.4 is 5.73 Å². The molecule has 23 heteroatoms. The smallest absolute Gasteiger partial charge is 0.314 e. The van der Waals surface area contributed by atoms with Crippen molar-refractivity contribution in [2.75, 3.05) is 39.6 Å². The molecule has 456 valence electrons. The van der Waals surface area contributed by atoms with Gasteiger partial charge in [0.1, 0.15) is 17.3 Å². The highest BCUT2D eigenvalue weighted by molar-refractivity contribution is 7.86. The lowest BCUT2D eigenvalue weighted by atomic mass is 9.64. The summed E-state index contributed by atoms with van der Waals surface area (Å²) in [4.78, 5) is 74.0. The van der Waals surface area contributed by atoms with Gasteiger partial charge in [-0.25, -0.2) is 11.0 Å². The van der Waals surface area contributed by atoms with Crippen LogP contribution in [-0.4, -0.2) is 104 Å². The number of esters is 3. The minimum absolute atomic E-state index is 0.0625. The van der Waals surface area contributed by atoms with Crippen LogP contribution in [0.1, 0.15) is 164 Å². The summed E-state index contributed by atoms with van der Waals surface area (Å²) in [7, 11) is -3.84. The Morgan fingerprint density at radius 2 is 1.30 bits per heavy atom. The third-order valence-electron chi connectivity index (χ3n) is 17.2. The van der Waals surface area contributed by atoms with Crippen molar-refractivity contribution in [3.63, 3.8) is 0 Å². The van der Waals surface area contributed by atoms with E-state index in [4.69, 9.17) is 63.0 Å². The van der Waals surface area contributed by atoms with Crippen molar-refractivity contribution in [1.82, 2.24) is 9.78 Å². The highest BCUT2D eigenvalue weighted by Crippen LogP contribution is 2.48. The molecule has 0 bridgehead atoms. The highest BCUT2D eigenvalue weighted by atomic mass is 35.5. The Morgan fingerprint density at radius 1 is 0.798 bits per heavy atom. The standard InChI is InChI=1S/C22H22ClFN4O2.C15H20O5S.C9H13NO2.C8H14O3.C7H9NO2/c1-26-12-22(6-2-7-22)11-18(29)13-5-8-28-17(10-13)19(21(25)30)20(27-28)14-3-4-16(24)15(23)9-14;1-3-19-14(16)15(9-4-10-15)11-20-21(17,18)13-7-5-12(2)6-8-13;1-2-12-8(11)9(6-7-10)4-3-5-9;1-2-11-7(10)8(6-9)4-3-5-8;8-5-4-7(6(9)10)2-1-3-7/h3-4,9,13H,2,5-8,10-12H2,(H2,25,30);5-8H,3-4,9-11H2,1-2H3;2-6H2,1H3;9H,2-6H2,1H3;1-4H2,(H,9,10). The Balaban J connectivity index is 0.000000207. The predicted molar refractivity (Wildman–Crippen MR) is 305 cm³/mol. The number of fused-ring (bicyclic) bond motifs is 1. The molecule has 84 heavy (non-hydrogen) atoms. The highest BCUT2D eigenvalue weighted by Gasteiger charge is 2.49. The summed E-state index contributed by atoms with van der Waals surface area (Å²) in [6, 6.07) is 14.5. The molecule has 1 atom stereocenters. The minimum atomic E-state index is -3.84. The van der Waals surface area contributed by atoms with Gasteiger partial charge in [0, 0.05) is 29.9 Å². The molecule has 2 heterocycles. The number of rotatable bonds is 20. The number of Topliss-reactive ketones (excluding diaryl/α,β-unsaturated/α-hetero) is 1. The fraction of sp³-hybridized carbons (Fsp3) is 0.607.